The summed E-state index contributed by atoms with van der Waals surface area (Å²) >= 11 is 0. The van der Waals surface area contributed by atoms with Crippen molar-refractivity contribution in [1.82, 2.24) is 5.32 Å². The van der Waals surface area contributed by atoms with Gasteiger partial charge < -0.3 is 19.5 Å². The first-order chi connectivity index (χ1) is 15.2. The number of hydrogen-bond donors (Lipinski definition) is 1. The lowest BCUT2D eigenvalue weighted by Gasteiger charge is -2.41. The van der Waals surface area contributed by atoms with Crippen LogP contribution >= 0.6 is 0 Å². The van der Waals surface area contributed by atoms with Gasteiger partial charge in [-0.25, -0.2) is 0 Å². The lowest BCUT2D eigenvalue weighted by molar-refractivity contribution is -0.130. The first kappa shape index (κ1) is 20.4. The smallest absolute Gasteiger partial charge is 0.231 e. The van der Waals surface area contributed by atoms with Crippen LogP contribution in [0.2, 0.25) is 0 Å². The van der Waals surface area contributed by atoms with Gasteiger partial charge in [0.05, 0.1) is 5.41 Å². The van der Waals surface area contributed by atoms with Crippen LogP contribution in [0.15, 0.2) is 48.5 Å². The van der Waals surface area contributed by atoms with E-state index in [1.165, 1.54) is 24.8 Å². The molecule has 5 rings (SSSR count). The van der Waals surface area contributed by atoms with Gasteiger partial charge in [-0.15, -0.1) is 0 Å². The van der Waals surface area contributed by atoms with E-state index >= 15 is 0 Å². The SMILES string of the molecule is O=C(NCC1(c2ccc3c(c2)OCO3)CCCCC1)C1(c2ccccc2)CCOCC1. The van der Waals surface area contributed by atoms with Gasteiger partial charge in [0.25, 0.3) is 0 Å². The second-order valence-corrected chi connectivity index (χ2v) is 9.15. The first-order valence-electron chi connectivity index (χ1n) is 11.5. The summed E-state index contributed by atoms with van der Waals surface area (Å²) in [4.78, 5) is 13.7. The molecule has 2 heterocycles. The van der Waals surface area contributed by atoms with Crippen LogP contribution in [0.3, 0.4) is 0 Å². The highest BCUT2D eigenvalue weighted by Crippen LogP contribution is 2.43. The largest absolute Gasteiger partial charge is 0.454 e. The molecule has 2 aliphatic heterocycles. The Hall–Kier alpha value is -2.53. The van der Waals surface area contributed by atoms with E-state index in [0.29, 0.717) is 19.8 Å². The molecule has 2 fully saturated rings. The molecule has 1 saturated heterocycles. The molecule has 1 amide bonds. The van der Waals surface area contributed by atoms with Gasteiger partial charge in [-0.05, 0) is 48.9 Å². The Morgan fingerprint density at radius 2 is 1.58 bits per heavy atom. The summed E-state index contributed by atoms with van der Waals surface area (Å²) in [7, 11) is 0. The number of carbonyl (C=O) groups is 1. The zero-order valence-electron chi connectivity index (χ0n) is 18.0. The fourth-order valence-electron chi connectivity index (χ4n) is 5.57. The van der Waals surface area contributed by atoms with Crippen molar-refractivity contribution < 1.29 is 19.0 Å². The van der Waals surface area contributed by atoms with Crippen LogP contribution in [-0.4, -0.2) is 32.5 Å². The fourth-order valence-corrected chi connectivity index (χ4v) is 5.57. The van der Waals surface area contributed by atoms with Gasteiger partial charge in [-0.2, -0.15) is 0 Å². The van der Waals surface area contributed by atoms with Gasteiger partial charge in [0, 0.05) is 25.2 Å². The average molecular weight is 422 g/mol. The highest BCUT2D eigenvalue weighted by molar-refractivity contribution is 5.88. The topological polar surface area (TPSA) is 56.8 Å². The number of nitrogens with one attached hydrogen (secondary N) is 1. The molecule has 0 unspecified atom stereocenters. The highest BCUT2D eigenvalue weighted by atomic mass is 16.7. The van der Waals surface area contributed by atoms with Crippen molar-refractivity contribution in [1.29, 1.82) is 0 Å². The summed E-state index contributed by atoms with van der Waals surface area (Å²) in [6, 6.07) is 16.5. The summed E-state index contributed by atoms with van der Waals surface area (Å²) in [5.74, 6) is 1.76. The van der Waals surface area contributed by atoms with Crippen molar-refractivity contribution in [3.05, 3.63) is 59.7 Å². The number of ether oxygens (including phenoxy) is 3. The van der Waals surface area contributed by atoms with Gasteiger partial charge in [0.1, 0.15) is 0 Å². The summed E-state index contributed by atoms with van der Waals surface area (Å²) in [6.07, 6.45) is 7.22. The third-order valence-corrected chi connectivity index (χ3v) is 7.49. The maximum absolute atomic E-state index is 13.7. The van der Waals surface area contributed by atoms with Crippen molar-refractivity contribution in [2.45, 2.75) is 55.8 Å². The van der Waals surface area contributed by atoms with Crippen LogP contribution in [0.25, 0.3) is 0 Å². The van der Waals surface area contributed by atoms with Crippen molar-refractivity contribution in [3.63, 3.8) is 0 Å². The Labute approximate surface area is 184 Å². The van der Waals surface area contributed by atoms with Crippen LogP contribution in [0.5, 0.6) is 11.5 Å². The van der Waals surface area contributed by atoms with E-state index < -0.39 is 5.41 Å². The van der Waals surface area contributed by atoms with Gasteiger partial charge in [0.2, 0.25) is 12.7 Å². The zero-order valence-corrected chi connectivity index (χ0v) is 18.0. The fraction of sp³-hybridized carbons (Fsp3) is 0.500. The molecule has 0 atom stereocenters. The molecule has 0 bridgehead atoms. The van der Waals surface area contributed by atoms with Crippen molar-refractivity contribution in [3.8, 4) is 11.5 Å². The highest BCUT2D eigenvalue weighted by Gasteiger charge is 2.43. The van der Waals surface area contributed by atoms with E-state index in [1.54, 1.807) is 0 Å². The Morgan fingerprint density at radius 3 is 2.35 bits per heavy atom. The van der Waals surface area contributed by atoms with E-state index in [4.69, 9.17) is 14.2 Å². The predicted molar refractivity (Wildman–Crippen MR) is 119 cm³/mol. The number of hydrogen-bond acceptors (Lipinski definition) is 4. The van der Waals surface area contributed by atoms with E-state index in [1.807, 2.05) is 24.3 Å². The molecule has 0 radical (unpaired) electrons. The first-order valence-corrected chi connectivity index (χ1v) is 11.5. The molecular weight excluding hydrogens is 390 g/mol. The second-order valence-electron chi connectivity index (χ2n) is 9.15. The quantitative estimate of drug-likeness (QED) is 0.773. The van der Waals surface area contributed by atoms with Gasteiger partial charge >= 0.3 is 0 Å². The van der Waals surface area contributed by atoms with Crippen LogP contribution < -0.4 is 14.8 Å². The Bertz CT molecular complexity index is 914. The molecule has 3 aliphatic rings. The van der Waals surface area contributed by atoms with E-state index in [-0.39, 0.29) is 18.1 Å². The van der Waals surface area contributed by atoms with E-state index in [9.17, 15) is 4.79 Å². The summed E-state index contributed by atoms with van der Waals surface area (Å²) in [6.45, 7) is 2.18. The summed E-state index contributed by atoms with van der Waals surface area (Å²) in [5, 5.41) is 3.40. The molecule has 5 heteroatoms. The van der Waals surface area contributed by atoms with E-state index in [2.05, 4.69) is 29.6 Å². The lowest BCUT2D eigenvalue weighted by Crippen LogP contribution is -2.51. The Balaban J connectivity index is 1.40. The third-order valence-electron chi connectivity index (χ3n) is 7.49. The molecule has 2 aromatic carbocycles. The van der Waals surface area contributed by atoms with Crippen molar-refractivity contribution in [2.75, 3.05) is 26.6 Å². The Morgan fingerprint density at radius 1 is 0.839 bits per heavy atom. The molecule has 31 heavy (non-hydrogen) atoms. The normalized spacial score (nSPS) is 21.4. The zero-order chi connectivity index (χ0) is 21.2. The van der Waals surface area contributed by atoms with E-state index in [0.717, 1.165) is 42.7 Å². The summed E-state index contributed by atoms with van der Waals surface area (Å²) < 4.78 is 16.8. The minimum atomic E-state index is -0.510. The van der Waals surface area contributed by atoms with Crippen LogP contribution in [-0.2, 0) is 20.4 Å². The van der Waals surface area contributed by atoms with Gasteiger partial charge in [0.15, 0.2) is 11.5 Å². The Kier molecular flexibility index (Phi) is 5.61. The average Bonchev–Trinajstić information content (AvgIpc) is 3.32. The van der Waals surface area contributed by atoms with Crippen LogP contribution in [0.1, 0.15) is 56.1 Å². The minimum absolute atomic E-state index is 0.0576. The monoisotopic (exact) mass is 421 g/mol. The number of rotatable bonds is 5. The van der Waals surface area contributed by atoms with Crippen LogP contribution in [0, 0.1) is 0 Å². The number of fused-ring (bicyclic) bond motifs is 1. The maximum atomic E-state index is 13.7. The van der Waals surface area contributed by atoms with Gasteiger partial charge in [-0.3, -0.25) is 4.79 Å². The minimum Gasteiger partial charge on any atom is -0.454 e. The number of amides is 1. The molecule has 1 aliphatic carbocycles. The molecule has 1 saturated carbocycles. The number of benzene rings is 2. The van der Waals surface area contributed by atoms with Crippen molar-refractivity contribution >= 4 is 5.91 Å². The molecule has 2 aromatic rings. The molecule has 5 nitrogen and oxygen atoms in total. The molecule has 0 aromatic heterocycles. The van der Waals surface area contributed by atoms with Crippen molar-refractivity contribution in [2.24, 2.45) is 0 Å². The number of carbonyl (C=O) groups excluding carboxylic acids is 1. The van der Waals surface area contributed by atoms with Crippen LogP contribution in [0.4, 0.5) is 0 Å². The maximum Gasteiger partial charge on any atom is 0.231 e. The van der Waals surface area contributed by atoms with Gasteiger partial charge in [-0.1, -0.05) is 55.7 Å². The lowest BCUT2D eigenvalue weighted by atomic mass is 9.68. The predicted octanol–water partition coefficient (Wildman–Crippen LogP) is 4.48. The summed E-state index contributed by atoms with van der Waals surface area (Å²) in [5.41, 5.74) is 1.77. The molecule has 0 spiro atoms. The standard InChI is InChI=1S/C26H31NO4/c28-24(26(13-15-29-16-14-26)20-7-3-1-4-8-20)27-18-25(11-5-2-6-12-25)21-9-10-22-23(17-21)31-19-30-22/h1,3-4,7-10,17H,2,5-6,11-16,18-19H2,(H,27,28). The molecular formula is C26H31NO4. The second kappa shape index (κ2) is 8.54. The third kappa shape index (κ3) is 3.80. The molecule has 164 valence electrons. The molecule has 1 N–H and O–H groups in total.